The number of nitrogens with one attached hydrogen (secondary N) is 1. The summed E-state index contributed by atoms with van der Waals surface area (Å²) < 4.78 is 36.1. The van der Waals surface area contributed by atoms with Gasteiger partial charge in [-0.05, 0) is 121 Å². The van der Waals surface area contributed by atoms with Gasteiger partial charge in [-0.15, -0.1) is 0 Å². The Labute approximate surface area is 331 Å². The van der Waals surface area contributed by atoms with Crippen molar-refractivity contribution < 1.29 is 47.4 Å². The molecule has 0 radical (unpaired) electrons. The maximum absolute atomic E-state index is 13.7. The average molecular weight is 775 g/mol. The first kappa shape index (κ1) is 41.5. The first-order valence-corrected chi connectivity index (χ1v) is 20.0. The smallest absolute Gasteiger partial charge is 0.457 e. The van der Waals surface area contributed by atoms with Gasteiger partial charge in [0, 0.05) is 0 Å². The van der Waals surface area contributed by atoms with Crippen molar-refractivity contribution in [3.05, 3.63) is 64.7 Å². The highest BCUT2D eigenvalue weighted by Crippen LogP contribution is 2.65. The molecule has 56 heavy (non-hydrogen) atoms. The van der Waals surface area contributed by atoms with Crippen molar-refractivity contribution in [3.63, 3.8) is 0 Å². The summed E-state index contributed by atoms with van der Waals surface area (Å²) in [5.41, 5.74) is 1.29. The molecule has 3 saturated carbocycles. The van der Waals surface area contributed by atoms with E-state index in [1.165, 1.54) is 11.3 Å². The minimum atomic E-state index is -1.22. The highest BCUT2D eigenvalue weighted by atomic mass is 16.7. The zero-order valence-electron chi connectivity index (χ0n) is 34.7. The van der Waals surface area contributed by atoms with Gasteiger partial charge in [0.2, 0.25) is 5.91 Å². The minimum absolute atomic E-state index is 0.0339. The van der Waals surface area contributed by atoms with E-state index >= 15 is 0 Å². The maximum atomic E-state index is 13.7. The van der Waals surface area contributed by atoms with Crippen molar-refractivity contribution in [1.29, 1.82) is 0 Å². The van der Waals surface area contributed by atoms with Crippen LogP contribution in [-0.4, -0.2) is 84.1 Å². The van der Waals surface area contributed by atoms with Gasteiger partial charge in [0.05, 0.1) is 31.2 Å². The normalized spacial score (nSPS) is 24.6. The molecule has 2 heterocycles. The molecule has 2 aromatic rings. The molecule has 5 fully saturated rings. The van der Waals surface area contributed by atoms with Gasteiger partial charge in [0.15, 0.2) is 0 Å². The summed E-state index contributed by atoms with van der Waals surface area (Å²) in [5, 5.41) is 2.56. The van der Waals surface area contributed by atoms with Crippen LogP contribution >= 0.6 is 0 Å². The molecule has 0 aromatic heterocycles. The summed E-state index contributed by atoms with van der Waals surface area (Å²) in [6.45, 7) is 19.8. The second-order valence-electron chi connectivity index (χ2n) is 18.7. The number of alkyl carbamates (subject to hydrolysis) is 1. The Morgan fingerprint density at radius 3 is 2.27 bits per heavy atom. The largest absolute Gasteiger partial charge is 0.486 e. The van der Waals surface area contributed by atoms with Crippen LogP contribution in [0.3, 0.4) is 0 Å². The summed E-state index contributed by atoms with van der Waals surface area (Å²) in [4.78, 5) is 54.5. The van der Waals surface area contributed by atoms with Crippen LogP contribution in [0.1, 0.15) is 109 Å². The van der Waals surface area contributed by atoms with Crippen molar-refractivity contribution in [2.24, 2.45) is 17.3 Å². The van der Waals surface area contributed by atoms with Crippen LogP contribution in [0.4, 0.5) is 4.79 Å². The van der Waals surface area contributed by atoms with E-state index in [1.54, 1.807) is 26.8 Å². The number of esters is 2. The molecule has 0 unspecified atom stereocenters. The fraction of sp³-hybridized carbons (Fsp3) is 0.628. The third-order valence-electron chi connectivity index (χ3n) is 11.8. The van der Waals surface area contributed by atoms with Crippen LogP contribution < -0.4 is 10.1 Å². The summed E-state index contributed by atoms with van der Waals surface area (Å²) >= 11 is 0. The quantitative estimate of drug-likeness (QED) is 0.139. The second kappa shape index (κ2) is 15.7. The number of hydrogen-bond donors (Lipinski definition) is 1. The molecular weight excluding hydrogens is 715 g/mol. The summed E-state index contributed by atoms with van der Waals surface area (Å²) in [6.07, 6.45) is 1.95. The molecular formula is C43H59BN2O10. The van der Waals surface area contributed by atoms with E-state index in [0.717, 1.165) is 23.1 Å². The van der Waals surface area contributed by atoms with Gasteiger partial charge in [-0.3, -0.25) is 9.59 Å². The number of rotatable bonds is 12. The van der Waals surface area contributed by atoms with Gasteiger partial charge in [-0.1, -0.05) is 50.2 Å². The Balaban J connectivity index is 1.10. The third kappa shape index (κ3) is 9.20. The van der Waals surface area contributed by atoms with Crippen LogP contribution in [-0.2, 0) is 46.1 Å². The van der Waals surface area contributed by atoms with E-state index in [0.29, 0.717) is 35.9 Å². The van der Waals surface area contributed by atoms with E-state index < -0.39 is 47.3 Å². The van der Waals surface area contributed by atoms with E-state index in [-0.39, 0.29) is 50.4 Å². The molecule has 3 aliphatic carbocycles. The molecule has 2 amide bonds. The summed E-state index contributed by atoms with van der Waals surface area (Å²) in [5.74, 6) is -0.107. The standard InChI is InChI=1S/C43H59BN2O10/c1-26-28(18-19-44-55-34-21-29-20-33(42(29,8)9)43(34,10)56-44)16-17-32(36(26)38(49)53-40(2,3)4)52-30-23-46(24-30)37(48)31(45-39(50)54-41(5,6)7)22-35(47)51-25-27-14-12-11-13-15-27/h11-17,29-31,33-34H,18-25H2,1-10H3,(H,45,50)/t29-,31+,33-,34+,43-/m0/s1. The molecule has 7 rings (SSSR count). The SMILES string of the molecule is Cc1c(CCB2O[C@@H]3C[C@@H]4C[C@@H](C4(C)C)[C@]3(C)O2)ccc(OC2CN(C(=O)[C@@H](CC(=O)OCc3ccccc3)NC(=O)OC(C)(C)C)C2)c1C(=O)OC(C)(C)C. The average Bonchev–Trinajstić information content (AvgIpc) is 3.42. The van der Waals surface area contributed by atoms with Gasteiger partial charge >= 0.3 is 25.2 Å². The van der Waals surface area contributed by atoms with Crippen LogP contribution in [0, 0.1) is 24.2 Å². The zero-order valence-corrected chi connectivity index (χ0v) is 34.7. The van der Waals surface area contributed by atoms with Gasteiger partial charge in [0.1, 0.15) is 41.3 Å². The number of amides is 2. The highest BCUT2D eigenvalue weighted by Gasteiger charge is 2.67. The molecule has 304 valence electrons. The number of carbonyl (C=O) groups is 4. The molecule has 1 N–H and O–H groups in total. The molecule has 13 heteroatoms. The molecule has 2 aromatic carbocycles. The molecule has 2 aliphatic heterocycles. The molecule has 5 atom stereocenters. The lowest BCUT2D eigenvalue weighted by Gasteiger charge is -2.64. The van der Waals surface area contributed by atoms with Gasteiger partial charge in [-0.2, -0.15) is 0 Å². The van der Waals surface area contributed by atoms with Crippen molar-refractivity contribution in [2.75, 3.05) is 13.1 Å². The van der Waals surface area contributed by atoms with Crippen molar-refractivity contribution in [1.82, 2.24) is 10.2 Å². The molecule has 12 nitrogen and oxygen atoms in total. The lowest BCUT2D eigenvalue weighted by atomic mass is 9.43. The van der Waals surface area contributed by atoms with Crippen molar-refractivity contribution in [3.8, 4) is 5.75 Å². The van der Waals surface area contributed by atoms with E-state index in [9.17, 15) is 19.2 Å². The topological polar surface area (TPSA) is 139 Å². The van der Waals surface area contributed by atoms with Gasteiger partial charge < -0.3 is 38.5 Å². The number of benzene rings is 2. The van der Waals surface area contributed by atoms with Crippen LogP contribution in [0.15, 0.2) is 42.5 Å². The first-order chi connectivity index (χ1) is 26.1. The fourth-order valence-electron chi connectivity index (χ4n) is 8.74. The van der Waals surface area contributed by atoms with Crippen LogP contribution in [0.5, 0.6) is 5.75 Å². The third-order valence-corrected chi connectivity index (χ3v) is 11.8. The number of carbonyl (C=O) groups excluding carboxylic acids is 4. The van der Waals surface area contributed by atoms with Crippen LogP contribution in [0.2, 0.25) is 6.32 Å². The summed E-state index contributed by atoms with van der Waals surface area (Å²) in [7, 11) is -0.321. The fourth-order valence-corrected chi connectivity index (χ4v) is 8.74. The Bertz CT molecular complexity index is 1800. The monoisotopic (exact) mass is 774 g/mol. The number of hydrogen-bond acceptors (Lipinski definition) is 10. The highest BCUT2D eigenvalue weighted by molar-refractivity contribution is 6.45. The lowest BCUT2D eigenvalue weighted by molar-refractivity contribution is -0.199. The Morgan fingerprint density at radius 1 is 0.946 bits per heavy atom. The number of nitrogens with zero attached hydrogens (tertiary/aromatic N) is 1. The summed E-state index contributed by atoms with van der Waals surface area (Å²) in [6, 6.07) is 11.7. The van der Waals surface area contributed by atoms with Gasteiger partial charge in [0.25, 0.3) is 0 Å². The molecule has 2 saturated heterocycles. The predicted octanol–water partition coefficient (Wildman–Crippen LogP) is 6.84. The number of likely N-dealkylation sites (tertiary alicyclic amines) is 1. The molecule has 0 spiro atoms. The lowest BCUT2D eigenvalue weighted by Crippen LogP contribution is -2.65. The van der Waals surface area contributed by atoms with E-state index in [4.69, 9.17) is 28.3 Å². The van der Waals surface area contributed by atoms with Crippen LogP contribution in [0.25, 0.3) is 0 Å². The number of ether oxygens (including phenoxy) is 4. The Morgan fingerprint density at radius 2 is 1.62 bits per heavy atom. The van der Waals surface area contributed by atoms with E-state index in [2.05, 4.69) is 26.1 Å². The maximum Gasteiger partial charge on any atom is 0.457 e. The minimum Gasteiger partial charge on any atom is -0.486 e. The van der Waals surface area contributed by atoms with Crippen molar-refractivity contribution >= 4 is 31.1 Å². The van der Waals surface area contributed by atoms with Crippen molar-refractivity contribution in [2.45, 2.75) is 143 Å². The predicted molar refractivity (Wildman–Crippen MR) is 210 cm³/mol. The Kier molecular flexibility index (Phi) is 11.6. The van der Waals surface area contributed by atoms with Gasteiger partial charge in [-0.25, -0.2) is 9.59 Å². The number of aryl methyl sites for hydroxylation is 1. The van der Waals surface area contributed by atoms with E-state index in [1.807, 2.05) is 64.1 Å². The molecule has 5 aliphatic rings. The zero-order chi connectivity index (χ0) is 40.8. The first-order valence-electron chi connectivity index (χ1n) is 20.0. The molecule has 2 bridgehead atoms. The Hall–Kier alpha value is -4.10. The second-order valence-corrected chi connectivity index (χ2v) is 18.7.